The summed E-state index contributed by atoms with van der Waals surface area (Å²) in [5.41, 5.74) is 1.25. The molecule has 182 valence electrons. The fourth-order valence-electron chi connectivity index (χ4n) is 2.86. The van der Waals surface area contributed by atoms with Gasteiger partial charge in [-0.3, -0.25) is 4.79 Å². The van der Waals surface area contributed by atoms with Crippen LogP contribution in [0, 0.1) is 31.1 Å². The zero-order chi connectivity index (χ0) is 25.5. The number of rotatable bonds is 10. The number of aromatic nitrogens is 1. The van der Waals surface area contributed by atoms with E-state index in [-0.39, 0.29) is 12.5 Å². The molecule has 0 bridgehead atoms. The predicted molar refractivity (Wildman–Crippen MR) is 125 cm³/mol. The minimum Gasteiger partial charge on any atom is -0.493 e. The third kappa shape index (κ3) is 6.61. The van der Waals surface area contributed by atoms with E-state index < -0.39 is 23.5 Å². The van der Waals surface area contributed by atoms with Crippen LogP contribution in [0.5, 0.6) is 11.5 Å². The monoisotopic (exact) mass is 469 g/mol. The number of nitriles is 1. The smallest absolute Gasteiger partial charge is 0.331 e. The van der Waals surface area contributed by atoms with Gasteiger partial charge in [-0.05, 0) is 57.4 Å². The summed E-state index contributed by atoms with van der Waals surface area (Å²) in [4.78, 5) is 24.5. The van der Waals surface area contributed by atoms with E-state index in [4.69, 9.17) is 18.7 Å². The maximum atomic E-state index is 12.3. The normalized spacial score (nSPS) is 13.7. The molecule has 1 amide bonds. The first-order chi connectivity index (χ1) is 16.0. The predicted octanol–water partition coefficient (Wildman–Crippen LogP) is 3.88. The number of carbonyl (C=O) groups excluding carboxylic acids is 2. The van der Waals surface area contributed by atoms with E-state index in [0.29, 0.717) is 22.8 Å². The number of aryl methyl sites for hydroxylation is 2. The van der Waals surface area contributed by atoms with Gasteiger partial charge < -0.3 is 24.1 Å². The van der Waals surface area contributed by atoms with E-state index >= 15 is 0 Å². The van der Waals surface area contributed by atoms with Crippen LogP contribution in [0.4, 0.5) is 0 Å². The second kappa shape index (κ2) is 11.4. The van der Waals surface area contributed by atoms with Gasteiger partial charge >= 0.3 is 5.97 Å². The highest BCUT2D eigenvalue weighted by atomic mass is 16.5. The molecule has 9 nitrogen and oxygen atoms in total. The van der Waals surface area contributed by atoms with Crippen molar-refractivity contribution >= 4 is 18.0 Å². The summed E-state index contributed by atoms with van der Waals surface area (Å²) in [7, 11) is 1.52. The largest absolute Gasteiger partial charge is 0.493 e. The molecule has 1 aromatic heterocycles. The maximum Gasteiger partial charge on any atom is 0.331 e. The van der Waals surface area contributed by atoms with Gasteiger partial charge in [0.15, 0.2) is 17.6 Å². The van der Waals surface area contributed by atoms with Gasteiger partial charge in [0.1, 0.15) is 17.9 Å². The van der Waals surface area contributed by atoms with Crippen LogP contribution in [0.15, 0.2) is 28.8 Å². The highest BCUT2D eigenvalue weighted by Crippen LogP contribution is 2.30. The lowest BCUT2D eigenvalue weighted by Crippen LogP contribution is -2.52. The Morgan fingerprint density at radius 2 is 1.97 bits per heavy atom. The van der Waals surface area contributed by atoms with E-state index in [2.05, 4.69) is 16.5 Å². The van der Waals surface area contributed by atoms with Crippen LogP contribution in [0.2, 0.25) is 0 Å². The topological polar surface area (TPSA) is 124 Å². The van der Waals surface area contributed by atoms with Crippen LogP contribution in [-0.2, 0) is 20.9 Å². The van der Waals surface area contributed by atoms with Crippen LogP contribution >= 0.6 is 0 Å². The number of nitrogens with zero attached hydrogens (tertiary/aromatic N) is 2. The summed E-state index contributed by atoms with van der Waals surface area (Å²) < 4.78 is 21.6. The molecule has 0 saturated heterocycles. The Morgan fingerprint density at radius 1 is 1.26 bits per heavy atom. The quantitative estimate of drug-likeness (QED) is 0.411. The molecule has 0 radical (unpaired) electrons. The van der Waals surface area contributed by atoms with Crippen molar-refractivity contribution < 1.29 is 28.3 Å². The lowest BCUT2D eigenvalue weighted by molar-refractivity contribution is -0.150. The number of esters is 1. The van der Waals surface area contributed by atoms with E-state index in [1.807, 2.05) is 27.7 Å². The zero-order valence-corrected chi connectivity index (χ0v) is 20.6. The molecule has 0 saturated carbocycles. The Balaban J connectivity index is 1.99. The van der Waals surface area contributed by atoms with Crippen molar-refractivity contribution in [3.63, 3.8) is 0 Å². The molecular weight excluding hydrogens is 438 g/mol. The lowest BCUT2D eigenvalue weighted by atomic mass is 9.90. The van der Waals surface area contributed by atoms with Gasteiger partial charge in [0.05, 0.1) is 24.4 Å². The summed E-state index contributed by atoms with van der Waals surface area (Å²) in [5, 5.41) is 15.9. The summed E-state index contributed by atoms with van der Waals surface area (Å²) in [6.45, 7) is 10.7. The van der Waals surface area contributed by atoms with Gasteiger partial charge in [0.2, 0.25) is 0 Å². The summed E-state index contributed by atoms with van der Waals surface area (Å²) in [6, 6.07) is 7.28. The first-order valence-electron chi connectivity index (χ1n) is 10.8. The Morgan fingerprint density at radius 3 is 2.53 bits per heavy atom. The minimum absolute atomic E-state index is 0.115. The number of ether oxygens (including phenoxy) is 3. The molecule has 0 spiro atoms. The first-order valence-corrected chi connectivity index (χ1v) is 10.8. The minimum atomic E-state index is -1.06. The van der Waals surface area contributed by atoms with Gasteiger partial charge in [0, 0.05) is 6.08 Å². The summed E-state index contributed by atoms with van der Waals surface area (Å²) >= 11 is 0. The van der Waals surface area contributed by atoms with Crippen molar-refractivity contribution in [1.29, 1.82) is 5.26 Å². The van der Waals surface area contributed by atoms with Crippen LogP contribution in [0.25, 0.3) is 6.08 Å². The van der Waals surface area contributed by atoms with Crippen LogP contribution in [0.1, 0.15) is 50.3 Å². The van der Waals surface area contributed by atoms with E-state index in [0.717, 1.165) is 11.3 Å². The molecule has 2 rings (SSSR count). The van der Waals surface area contributed by atoms with E-state index in [1.54, 1.807) is 31.2 Å². The molecular formula is C25H31N3O6. The molecule has 0 aliphatic rings. The fraction of sp³-hybridized carbons (Fsp3) is 0.440. The Labute approximate surface area is 199 Å². The van der Waals surface area contributed by atoms with Crippen molar-refractivity contribution in [1.82, 2.24) is 10.5 Å². The average Bonchev–Trinajstić information content (AvgIpc) is 3.13. The molecule has 1 heterocycles. The van der Waals surface area contributed by atoms with Gasteiger partial charge in [-0.1, -0.05) is 25.1 Å². The molecule has 0 aliphatic heterocycles. The van der Waals surface area contributed by atoms with Crippen molar-refractivity contribution in [2.24, 2.45) is 5.92 Å². The Bertz CT molecular complexity index is 1080. The molecule has 0 unspecified atom stereocenters. The number of methoxy groups -OCH3 is 1. The van der Waals surface area contributed by atoms with Crippen LogP contribution in [-0.4, -0.2) is 35.8 Å². The zero-order valence-electron chi connectivity index (χ0n) is 20.6. The lowest BCUT2D eigenvalue weighted by Gasteiger charge is -2.28. The van der Waals surface area contributed by atoms with Crippen LogP contribution in [0.3, 0.4) is 0 Å². The molecule has 0 aliphatic carbocycles. The van der Waals surface area contributed by atoms with Gasteiger partial charge in [-0.2, -0.15) is 5.26 Å². The number of benzene rings is 1. The molecule has 34 heavy (non-hydrogen) atoms. The second-order valence-corrected chi connectivity index (χ2v) is 8.37. The third-order valence-corrected chi connectivity index (χ3v) is 5.58. The molecule has 2 atom stereocenters. The number of hydrogen-bond acceptors (Lipinski definition) is 8. The van der Waals surface area contributed by atoms with Crippen molar-refractivity contribution in [3.8, 4) is 17.6 Å². The van der Waals surface area contributed by atoms with Crippen molar-refractivity contribution in [3.05, 3.63) is 46.9 Å². The highest BCUT2D eigenvalue weighted by molar-refractivity contribution is 5.90. The third-order valence-electron chi connectivity index (χ3n) is 5.58. The first kappa shape index (κ1) is 26.5. The SMILES string of the molecule is COc1cc(/C=C/C(=O)O[C@@H](C)C(=O)N[C@@](C)(C#N)C(C)C)ccc1OCc1c(C)noc1C. The molecule has 2 aromatic rings. The standard InChI is InChI=1S/C25H31N3O6/c1-15(2)25(6,14-26)27-24(30)18(5)33-23(29)11-9-19-8-10-21(22(12-19)31-7)32-13-20-16(3)28-34-17(20)4/h8-12,15,18H,13H2,1-7H3,(H,27,30)/b11-9+/t18-,25-/m0/s1. The Hall–Kier alpha value is -3.80. The van der Waals surface area contributed by atoms with Crippen molar-refractivity contribution in [2.75, 3.05) is 7.11 Å². The van der Waals surface area contributed by atoms with Gasteiger partial charge in [0.25, 0.3) is 5.91 Å². The Kier molecular flexibility index (Phi) is 8.84. The second-order valence-electron chi connectivity index (χ2n) is 8.37. The average molecular weight is 470 g/mol. The molecule has 0 fully saturated rings. The number of amides is 1. The van der Waals surface area contributed by atoms with Gasteiger partial charge in [-0.25, -0.2) is 4.79 Å². The summed E-state index contributed by atoms with van der Waals surface area (Å²) in [6.07, 6.45) is 1.70. The summed E-state index contributed by atoms with van der Waals surface area (Å²) in [5.74, 6) is 0.358. The van der Waals surface area contributed by atoms with Gasteiger partial charge in [-0.15, -0.1) is 0 Å². The maximum absolute atomic E-state index is 12.3. The fourth-order valence-corrected chi connectivity index (χ4v) is 2.86. The van der Waals surface area contributed by atoms with E-state index in [9.17, 15) is 14.9 Å². The highest BCUT2D eigenvalue weighted by Gasteiger charge is 2.32. The molecule has 1 aromatic carbocycles. The number of nitrogens with one attached hydrogen (secondary N) is 1. The molecule has 9 heteroatoms. The van der Waals surface area contributed by atoms with Crippen LogP contribution < -0.4 is 14.8 Å². The molecule has 1 N–H and O–H groups in total. The van der Waals surface area contributed by atoms with Crippen molar-refractivity contribution in [2.45, 2.75) is 59.8 Å². The van der Waals surface area contributed by atoms with E-state index in [1.165, 1.54) is 20.1 Å². The number of carbonyl (C=O) groups is 2. The number of hydrogen-bond donors (Lipinski definition) is 1.